The van der Waals surface area contributed by atoms with Crippen molar-refractivity contribution < 1.29 is 9.53 Å². The highest BCUT2D eigenvalue weighted by Crippen LogP contribution is 2.17. The first-order valence-corrected chi connectivity index (χ1v) is 6.88. The number of ether oxygens (including phenoxy) is 1. The summed E-state index contributed by atoms with van der Waals surface area (Å²) in [4.78, 5) is 16.2. The van der Waals surface area contributed by atoms with Crippen molar-refractivity contribution in [2.45, 2.75) is 0 Å². The topological polar surface area (TPSA) is 39.2 Å². The van der Waals surface area contributed by atoms with E-state index in [1.807, 2.05) is 54.6 Å². The van der Waals surface area contributed by atoms with Gasteiger partial charge in [-0.05, 0) is 17.5 Å². The molecule has 0 N–H and O–H groups in total. The van der Waals surface area contributed by atoms with E-state index in [0.717, 1.165) is 16.3 Å². The molecular weight excluding hydrogens is 274 g/mol. The molecule has 0 aliphatic carbocycles. The number of benzene rings is 2. The van der Waals surface area contributed by atoms with E-state index >= 15 is 0 Å². The minimum absolute atomic E-state index is 0.0525. The molecular formula is C19H13NO2. The molecule has 3 aromatic rings. The van der Waals surface area contributed by atoms with Crippen LogP contribution in [-0.4, -0.2) is 17.6 Å². The normalized spacial score (nSPS) is 9.82. The molecule has 0 amide bonds. The fourth-order valence-corrected chi connectivity index (χ4v) is 2.12. The van der Waals surface area contributed by atoms with Gasteiger partial charge >= 0.3 is 5.97 Å². The van der Waals surface area contributed by atoms with Gasteiger partial charge in [0.25, 0.3) is 0 Å². The number of rotatable bonds is 2. The highest BCUT2D eigenvalue weighted by Gasteiger charge is 2.10. The Balaban J connectivity index is 1.71. The van der Waals surface area contributed by atoms with Crippen molar-refractivity contribution in [3.63, 3.8) is 0 Å². The molecule has 3 heteroatoms. The van der Waals surface area contributed by atoms with Crippen LogP contribution in [0.25, 0.3) is 10.8 Å². The van der Waals surface area contributed by atoms with Gasteiger partial charge in [-0.3, -0.25) is 4.98 Å². The zero-order chi connectivity index (χ0) is 15.2. The second kappa shape index (κ2) is 6.55. The number of fused-ring (bicyclic) bond motifs is 1. The predicted molar refractivity (Wildman–Crippen MR) is 85.3 cm³/mol. The summed E-state index contributed by atoms with van der Waals surface area (Å²) in [5.74, 6) is 5.37. The second-order valence-corrected chi connectivity index (χ2v) is 4.65. The lowest BCUT2D eigenvalue weighted by Crippen LogP contribution is -2.06. The maximum absolute atomic E-state index is 12.1. The number of carbonyl (C=O) groups is 1. The smallest absolute Gasteiger partial charge is 0.341 e. The third-order valence-electron chi connectivity index (χ3n) is 3.17. The molecule has 0 atom stereocenters. The SMILES string of the molecule is O=C(OCC#Cc1ccccc1)c1cncc2ccccc12. The Bertz CT molecular complexity index is 855. The van der Waals surface area contributed by atoms with Gasteiger partial charge in [0.1, 0.15) is 0 Å². The van der Waals surface area contributed by atoms with Gasteiger partial charge in [-0.2, -0.15) is 0 Å². The highest BCUT2D eigenvalue weighted by molar-refractivity contribution is 6.03. The van der Waals surface area contributed by atoms with Gasteiger partial charge in [-0.15, -0.1) is 0 Å². The minimum atomic E-state index is -0.410. The number of hydrogen-bond donors (Lipinski definition) is 0. The Morgan fingerprint density at radius 1 is 1.00 bits per heavy atom. The summed E-state index contributed by atoms with van der Waals surface area (Å²) < 4.78 is 5.21. The van der Waals surface area contributed by atoms with E-state index in [1.165, 1.54) is 6.20 Å². The Hall–Kier alpha value is -3.12. The van der Waals surface area contributed by atoms with E-state index < -0.39 is 5.97 Å². The summed E-state index contributed by atoms with van der Waals surface area (Å²) in [7, 11) is 0. The summed E-state index contributed by atoms with van der Waals surface area (Å²) in [6.07, 6.45) is 3.25. The van der Waals surface area contributed by atoms with E-state index in [9.17, 15) is 4.79 Å². The number of nitrogens with zero attached hydrogens (tertiary/aromatic N) is 1. The Kier molecular flexibility index (Phi) is 4.12. The molecule has 2 aromatic carbocycles. The van der Waals surface area contributed by atoms with Crippen molar-refractivity contribution in [2.75, 3.05) is 6.61 Å². The number of carbonyl (C=O) groups excluding carboxylic acids is 1. The van der Waals surface area contributed by atoms with Crippen LogP contribution in [0.15, 0.2) is 67.0 Å². The van der Waals surface area contributed by atoms with E-state index in [1.54, 1.807) is 6.20 Å². The van der Waals surface area contributed by atoms with E-state index in [0.29, 0.717) is 5.56 Å². The molecule has 0 unspecified atom stereocenters. The van der Waals surface area contributed by atoms with Crippen LogP contribution in [0.4, 0.5) is 0 Å². The zero-order valence-electron chi connectivity index (χ0n) is 11.8. The molecule has 0 aliphatic heterocycles. The van der Waals surface area contributed by atoms with E-state index in [-0.39, 0.29) is 6.61 Å². The van der Waals surface area contributed by atoms with Crippen LogP contribution in [0.1, 0.15) is 15.9 Å². The first-order chi connectivity index (χ1) is 10.8. The van der Waals surface area contributed by atoms with Crippen LogP contribution < -0.4 is 0 Å². The summed E-state index contributed by atoms with van der Waals surface area (Å²) in [6, 6.07) is 17.2. The van der Waals surface area contributed by atoms with Crippen molar-refractivity contribution in [1.29, 1.82) is 0 Å². The van der Waals surface area contributed by atoms with Crippen LogP contribution in [0.3, 0.4) is 0 Å². The Morgan fingerprint density at radius 3 is 2.64 bits per heavy atom. The number of aromatic nitrogens is 1. The van der Waals surface area contributed by atoms with Crippen molar-refractivity contribution in [3.8, 4) is 11.8 Å². The van der Waals surface area contributed by atoms with Crippen molar-refractivity contribution >= 4 is 16.7 Å². The molecule has 0 spiro atoms. The van der Waals surface area contributed by atoms with Gasteiger partial charge in [0.15, 0.2) is 6.61 Å². The Labute approximate surface area is 128 Å². The molecule has 1 aromatic heterocycles. The van der Waals surface area contributed by atoms with Crippen LogP contribution in [0, 0.1) is 11.8 Å². The quantitative estimate of drug-likeness (QED) is 0.535. The fourth-order valence-electron chi connectivity index (χ4n) is 2.12. The largest absolute Gasteiger partial charge is 0.449 e. The first kappa shape index (κ1) is 13.8. The average Bonchev–Trinajstić information content (AvgIpc) is 2.59. The maximum Gasteiger partial charge on any atom is 0.341 e. The van der Waals surface area contributed by atoms with Crippen LogP contribution >= 0.6 is 0 Å². The van der Waals surface area contributed by atoms with Crippen LogP contribution in [0.2, 0.25) is 0 Å². The van der Waals surface area contributed by atoms with Gasteiger partial charge in [-0.25, -0.2) is 4.79 Å². The average molecular weight is 287 g/mol. The van der Waals surface area contributed by atoms with Crippen molar-refractivity contribution in [1.82, 2.24) is 4.98 Å². The molecule has 1 heterocycles. The molecule has 0 bridgehead atoms. The second-order valence-electron chi connectivity index (χ2n) is 4.65. The molecule has 0 aliphatic rings. The summed E-state index contributed by atoms with van der Waals surface area (Å²) in [5, 5.41) is 1.74. The number of hydrogen-bond acceptors (Lipinski definition) is 3. The van der Waals surface area contributed by atoms with Crippen molar-refractivity contribution in [3.05, 3.63) is 78.1 Å². The summed E-state index contributed by atoms with van der Waals surface area (Å²) in [6.45, 7) is 0.0525. The molecule has 3 rings (SSSR count). The Morgan fingerprint density at radius 2 is 1.77 bits per heavy atom. The van der Waals surface area contributed by atoms with Gasteiger partial charge in [-0.1, -0.05) is 54.3 Å². The van der Waals surface area contributed by atoms with E-state index in [2.05, 4.69) is 16.8 Å². The lowest BCUT2D eigenvalue weighted by atomic mass is 10.1. The van der Waals surface area contributed by atoms with Crippen LogP contribution in [-0.2, 0) is 4.74 Å². The van der Waals surface area contributed by atoms with Gasteiger partial charge in [0.05, 0.1) is 5.56 Å². The molecule has 0 radical (unpaired) electrons. The summed E-state index contributed by atoms with van der Waals surface area (Å²) in [5.41, 5.74) is 1.35. The van der Waals surface area contributed by atoms with Crippen LogP contribution in [0.5, 0.6) is 0 Å². The lowest BCUT2D eigenvalue weighted by molar-refractivity contribution is 0.0558. The summed E-state index contributed by atoms with van der Waals surface area (Å²) >= 11 is 0. The third kappa shape index (κ3) is 3.13. The van der Waals surface area contributed by atoms with Gasteiger partial charge in [0.2, 0.25) is 0 Å². The number of esters is 1. The number of pyridine rings is 1. The first-order valence-electron chi connectivity index (χ1n) is 6.88. The molecule has 0 saturated heterocycles. The third-order valence-corrected chi connectivity index (χ3v) is 3.17. The zero-order valence-corrected chi connectivity index (χ0v) is 11.8. The lowest BCUT2D eigenvalue weighted by Gasteiger charge is -2.04. The predicted octanol–water partition coefficient (Wildman–Crippen LogP) is 3.44. The standard InChI is InChI=1S/C19H13NO2/c21-19(22-12-6-9-15-7-2-1-3-8-15)18-14-20-13-16-10-4-5-11-17(16)18/h1-5,7-8,10-11,13-14H,12H2. The monoisotopic (exact) mass is 287 g/mol. The fraction of sp³-hybridized carbons (Fsp3) is 0.0526. The molecule has 0 fully saturated rings. The van der Waals surface area contributed by atoms with Gasteiger partial charge in [0, 0.05) is 23.3 Å². The van der Waals surface area contributed by atoms with Gasteiger partial charge < -0.3 is 4.74 Å². The highest BCUT2D eigenvalue weighted by atomic mass is 16.5. The molecule has 106 valence electrons. The van der Waals surface area contributed by atoms with E-state index in [4.69, 9.17) is 4.74 Å². The maximum atomic E-state index is 12.1. The van der Waals surface area contributed by atoms with Crippen molar-refractivity contribution in [2.24, 2.45) is 0 Å². The molecule has 3 nitrogen and oxygen atoms in total. The molecule has 22 heavy (non-hydrogen) atoms. The minimum Gasteiger partial charge on any atom is -0.449 e. The molecule has 0 saturated carbocycles.